The van der Waals surface area contributed by atoms with Gasteiger partial charge >= 0.3 is 0 Å². The topological polar surface area (TPSA) is 17.1 Å². The molecule has 0 aromatic carbocycles. The molecule has 0 saturated carbocycles. The van der Waals surface area contributed by atoms with E-state index in [-0.39, 0.29) is 0 Å². The maximum atomic E-state index is 11.3. The van der Waals surface area contributed by atoms with E-state index >= 15 is 0 Å². The Labute approximate surface area is 80.5 Å². The summed E-state index contributed by atoms with van der Waals surface area (Å²) in [5.41, 5.74) is 2.65. The van der Waals surface area contributed by atoms with Crippen LogP contribution in [-0.4, -0.2) is 5.78 Å². The van der Waals surface area contributed by atoms with Crippen LogP contribution in [0.5, 0.6) is 0 Å². The van der Waals surface area contributed by atoms with E-state index in [4.69, 9.17) is 0 Å². The van der Waals surface area contributed by atoms with Gasteiger partial charge in [0.25, 0.3) is 0 Å². The fourth-order valence-corrected chi connectivity index (χ4v) is 1.61. The SMILES string of the molecule is CC1=CC(=O)CCCC(C)=CCC1. The van der Waals surface area contributed by atoms with Crippen LogP contribution in [0.4, 0.5) is 0 Å². The molecule has 0 spiro atoms. The Balaban J connectivity index is 2.62. The first-order chi connectivity index (χ1) is 6.18. The number of allylic oxidation sites excluding steroid dienone is 4. The van der Waals surface area contributed by atoms with Gasteiger partial charge in [0.05, 0.1) is 0 Å². The number of rotatable bonds is 0. The zero-order valence-electron chi connectivity index (χ0n) is 8.60. The number of hydrogen-bond donors (Lipinski definition) is 0. The molecule has 0 amide bonds. The summed E-state index contributed by atoms with van der Waals surface area (Å²) in [6.45, 7) is 4.20. The second-order valence-electron chi connectivity index (χ2n) is 3.90. The van der Waals surface area contributed by atoms with E-state index in [1.165, 1.54) is 11.1 Å². The molecule has 13 heavy (non-hydrogen) atoms. The molecule has 1 rings (SSSR count). The third-order valence-electron chi connectivity index (χ3n) is 2.43. The molecule has 0 N–H and O–H groups in total. The molecule has 0 radical (unpaired) electrons. The molecule has 1 aliphatic carbocycles. The van der Waals surface area contributed by atoms with Gasteiger partial charge in [0, 0.05) is 6.42 Å². The van der Waals surface area contributed by atoms with Gasteiger partial charge in [0.15, 0.2) is 5.78 Å². The van der Waals surface area contributed by atoms with Gasteiger partial charge in [-0.3, -0.25) is 4.79 Å². The van der Waals surface area contributed by atoms with E-state index in [9.17, 15) is 4.79 Å². The summed E-state index contributed by atoms with van der Waals surface area (Å²) in [5, 5.41) is 0. The molecular formula is C12H18O. The second-order valence-corrected chi connectivity index (χ2v) is 3.90. The maximum absolute atomic E-state index is 11.3. The Kier molecular flexibility index (Phi) is 3.94. The number of ketones is 1. The van der Waals surface area contributed by atoms with Crippen LogP contribution in [0.25, 0.3) is 0 Å². The first-order valence-electron chi connectivity index (χ1n) is 5.04. The van der Waals surface area contributed by atoms with Crippen molar-refractivity contribution in [3.8, 4) is 0 Å². The summed E-state index contributed by atoms with van der Waals surface area (Å²) in [5.74, 6) is 0.298. The molecule has 1 aliphatic rings. The van der Waals surface area contributed by atoms with Crippen LogP contribution in [0.15, 0.2) is 23.3 Å². The zero-order chi connectivity index (χ0) is 9.68. The normalized spacial score (nSPS) is 20.6. The molecule has 0 aliphatic heterocycles. The highest BCUT2D eigenvalue weighted by Crippen LogP contribution is 2.14. The van der Waals surface area contributed by atoms with Gasteiger partial charge in [-0.2, -0.15) is 0 Å². The largest absolute Gasteiger partial charge is 0.295 e. The average Bonchev–Trinajstić information content (AvgIpc) is 2.03. The minimum Gasteiger partial charge on any atom is -0.295 e. The Morgan fingerprint density at radius 2 is 1.85 bits per heavy atom. The molecule has 0 unspecified atom stereocenters. The van der Waals surface area contributed by atoms with Crippen LogP contribution in [0.3, 0.4) is 0 Å². The van der Waals surface area contributed by atoms with E-state index < -0.39 is 0 Å². The number of carbonyl (C=O) groups is 1. The van der Waals surface area contributed by atoms with Crippen LogP contribution >= 0.6 is 0 Å². The minimum absolute atomic E-state index is 0.298. The lowest BCUT2D eigenvalue weighted by Crippen LogP contribution is -1.96. The van der Waals surface area contributed by atoms with Gasteiger partial charge in [-0.05, 0) is 45.6 Å². The minimum atomic E-state index is 0.298. The highest BCUT2D eigenvalue weighted by Gasteiger charge is 2.02. The quantitative estimate of drug-likeness (QED) is 0.519. The first-order valence-corrected chi connectivity index (χ1v) is 5.04. The summed E-state index contributed by atoms with van der Waals surface area (Å²) < 4.78 is 0. The predicted octanol–water partition coefficient (Wildman–Crippen LogP) is 3.41. The molecule has 0 aromatic heterocycles. The maximum Gasteiger partial charge on any atom is 0.155 e. The molecule has 0 aromatic rings. The standard InChI is InChI=1S/C12H18O/c1-10-5-3-7-11(2)9-12(13)8-4-6-10/h5,9H,3-4,6-8H2,1-2H3. The second kappa shape index (κ2) is 5.00. The summed E-state index contributed by atoms with van der Waals surface area (Å²) >= 11 is 0. The summed E-state index contributed by atoms with van der Waals surface area (Å²) in [6.07, 6.45) is 9.03. The Hall–Kier alpha value is -0.850. The van der Waals surface area contributed by atoms with E-state index in [0.29, 0.717) is 12.2 Å². The predicted molar refractivity (Wildman–Crippen MR) is 55.6 cm³/mol. The average molecular weight is 178 g/mol. The molecule has 0 atom stereocenters. The van der Waals surface area contributed by atoms with Crippen molar-refractivity contribution in [1.29, 1.82) is 0 Å². The lowest BCUT2D eigenvalue weighted by molar-refractivity contribution is -0.114. The molecule has 0 saturated heterocycles. The van der Waals surface area contributed by atoms with Gasteiger partial charge in [-0.15, -0.1) is 0 Å². The van der Waals surface area contributed by atoms with Gasteiger partial charge in [0.1, 0.15) is 0 Å². The van der Waals surface area contributed by atoms with Crippen molar-refractivity contribution in [1.82, 2.24) is 0 Å². The Bertz CT molecular complexity index is 246. The molecule has 1 nitrogen and oxygen atoms in total. The first kappa shape index (κ1) is 10.2. The van der Waals surface area contributed by atoms with E-state index in [2.05, 4.69) is 13.0 Å². The summed E-state index contributed by atoms with van der Waals surface area (Å²) in [7, 11) is 0. The van der Waals surface area contributed by atoms with Crippen LogP contribution in [0.2, 0.25) is 0 Å². The molecule has 0 bridgehead atoms. The third kappa shape index (κ3) is 4.07. The smallest absolute Gasteiger partial charge is 0.155 e. The van der Waals surface area contributed by atoms with Crippen molar-refractivity contribution in [2.75, 3.05) is 0 Å². The van der Waals surface area contributed by atoms with Gasteiger partial charge < -0.3 is 0 Å². The van der Waals surface area contributed by atoms with Crippen LogP contribution in [0, 0.1) is 0 Å². The lowest BCUT2D eigenvalue weighted by Gasteiger charge is -2.05. The summed E-state index contributed by atoms with van der Waals surface area (Å²) in [4.78, 5) is 11.3. The fraction of sp³-hybridized carbons (Fsp3) is 0.583. The van der Waals surface area contributed by atoms with Crippen LogP contribution in [-0.2, 0) is 4.79 Å². The molecule has 72 valence electrons. The van der Waals surface area contributed by atoms with Crippen molar-refractivity contribution >= 4 is 5.78 Å². The number of carbonyl (C=O) groups excluding carboxylic acids is 1. The highest BCUT2D eigenvalue weighted by molar-refractivity contribution is 5.90. The van der Waals surface area contributed by atoms with Crippen molar-refractivity contribution in [2.45, 2.75) is 46.0 Å². The van der Waals surface area contributed by atoms with Gasteiger partial charge in [-0.1, -0.05) is 17.2 Å². The Morgan fingerprint density at radius 3 is 2.62 bits per heavy atom. The molecular weight excluding hydrogens is 160 g/mol. The van der Waals surface area contributed by atoms with Crippen LogP contribution < -0.4 is 0 Å². The van der Waals surface area contributed by atoms with Crippen molar-refractivity contribution in [2.24, 2.45) is 0 Å². The molecule has 1 heteroatoms. The van der Waals surface area contributed by atoms with Gasteiger partial charge in [-0.25, -0.2) is 0 Å². The monoisotopic (exact) mass is 178 g/mol. The van der Waals surface area contributed by atoms with E-state index in [1.54, 1.807) is 0 Å². The van der Waals surface area contributed by atoms with E-state index in [0.717, 1.165) is 25.7 Å². The van der Waals surface area contributed by atoms with Gasteiger partial charge in [0.2, 0.25) is 0 Å². The number of hydrogen-bond acceptors (Lipinski definition) is 1. The zero-order valence-corrected chi connectivity index (χ0v) is 8.60. The summed E-state index contributed by atoms with van der Waals surface area (Å²) in [6, 6.07) is 0. The highest BCUT2D eigenvalue weighted by atomic mass is 16.1. The van der Waals surface area contributed by atoms with Crippen molar-refractivity contribution < 1.29 is 4.79 Å². The Morgan fingerprint density at radius 1 is 1.08 bits per heavy atom. The van der Waals surface area contributed by atoms with Crippen molar-refractivity contribution in [3.05, 3.63) is 23.3 Å². The third-order valence-corrected chi connectivity index (χ3v) is 2.43. The molecule has 0 heterocycles. The van der Waals surface area contributed by atoms with Crippen LogP contribution in [0.1, 0.15) is 46.0 Å². The lowest BCUT2D eigenvalue weighted by atomic mass is 10.0. The van der Waals surface area contributed by atoms with E-state index in [1.807, 2.05) is 13.0 Å². The molecule has 0 fully saturated rings. The fourth-order valence-electron chi connectivity index (χ4n) is 1.61. The van der Waals surface area contributed by atoms with Crippen molar-refractivity contribution in [3.63, 3.8) is 0 Å².